The minimum atomic E-state index is 0.315. The van der Waals surface area contributed by atoms with Gasteiger partial charge in [0, 0.05) is 24.3 Å². The van der Waals surface area contributed by atoms with Crippen LogP contribution in [-0.4, -0.2) is 46.6 Å². The molecule has 0 aliphatic carbocycles. The van der Waals surface area contributed by atoms with Crippen LogP contribution in [0.15, 0.2) is 5.16 Å². The van der Waals surface area contributed by atoms with Crippen LogP contribution in [-0.2, 0) is 0 Å². The summed E-state index contributed by atoms with van der Waals surface area (Å²) < 4.78 is 0. The number of thioether (sulfide) groups is 1. The highest BCUT2D eigenvalue weighted by atomic mass is 32.2. The van der Waals surface area contributed by atoms with Gasteiger partial charge in [0.2, 0.25) is 0 Å². The molecule has 0 radical (unpaired) electrons. The maximum atomic E-state index is 8.47. The van der Waals surface area contributed by atoms with Crippen molar-refractivity contribution in [1.29, 1.82) is 0 Å². The van der Waals surface area contributed by atoms with Crippen LogP contribution in [0.4, 0.5) is 0 Å². The van der Waals surface area contributed by atoms with Crippen LogP contribution in [0.2, 0.25) is 0 Å². The summed E-state index contributed by atoms with van der Waals surface area (Å²) in [5.74, 6) is 2.78. The number of hydrogen-bond acceptors (Lipinski definition) is 4. The summed E-state index contributed by atoms with van der Waals surface area (Å²) in [5.41, 5.74) is 5.48. The van der Waals surface area contributed by atoms with Crippen LogP contribution < -0.4 is 5.73 Å². The van der Waals surface area contributed by atoms with Crippen molar-refractivity contribution in [1.82, 2.24) is 4.90 Å². The molecule has 1 saturated heterocycles. The van der Waals surface area contributed by atoms with Gasteiger partial charge in [-0.25, -0.2) is 0 Å². The molecule has 2 atom stereocenters. The SMILES string of the molecule is CC(CC(N)=NO)N(C)C1CCSC1. The third kappa shape index (κ3) is 3.06. The summed E-state index contributed by atoms with van der Waals surface area (Å²) in [6.07, 6.45) is 1.88. The molecule has 0 spiro atoms. The second kappa shape index (κ2) is 5.46. The Morgan fingerprint density at radius 1 is 1.79 bits per heavy atom. The fourth-order valence-corrected chi connectivity index (χ4v) is 2.97. The number of hydrogen-bond donors (Lipinski definition) is 2. The minimum Gasteiger partial charge on any atom is -0.409 e. The average Bonchev–Trinajstić information content (AvgIpc) is 2.69. The van der Waals surface area contributed by atoms with E-state index in [1.54, 1.807) is 0 Å². The lowest BCUT2D eigenvalue weighted by Gasteiger charge is -2.29. The van der Waals surface area contributed by atoms with Crippen LogP contribution in [0.25, 0.3) is 0 Å². The van der Waals surface area contributed by atoms with Crippen molar-refractivity contribution < 1.29 is 5.21 Å². The van der Waals surface area contributed by atoms with Crippen molar-refractivity contribution in [3.05, 3.63) is 0 Å². The summed E-state index contributed by atoms with van der Waals surface area (Å²) in [6, 6.07) is 0.996. The van der Waals surface area contributed by atoms with Crippen molar-refractivity contribution in [2.75, 3.05) is 18.6 Å². The molecule has 0 saturated carbocycles. The van der Waals surface area contributed by atoms with Gasteiger partial charge in [-0.1, -0.05) is 5.16 Å². The number of amidine groups is 1. The normalized spacial score (nSPS) is 25.6. The Labute approximate surface area is 89.5 Å². The lowest BCUT2D eigenvalue weighted by atomic mass is 10.1. The molecule has 4 nitrogen and oxygen atoms in total. The molecule has 1 rings (SSSR count). The third-order valence-corrected chi connectivity index (χ3v) is 3.95. The summed E-state index contributed by atoms with van der Waals surface area (Å²) >= 11 is 2.00. The first-order valence-electron chi connectivity index (χ1n) is 4.91. The first kappa shape index (κ1) is 11.7. The maximum absolute atomic E-state index is 8.47. The summed E-state index contributed by atoms with van der Waals surface area (Å²) in [4.78, 5) is 2.33. The first-order chi connectivity index (χ1) is 6.65. The van der Waals surface area contributed by atoms with E-state index in [1.165, 1.54) is 17.9 Å². The Hall–Kier alpha value is -0.420. The van der Waals surface area contributed by atoms with E-state index in [0.717, 1.165) is 0 Å². The molecule has 82 valence electrons. The largest absolute Gasteiger partial charge is 0.409 e. The summed E-state index contributed by atoms with van der Waals surface area (Å²) in [7, 11) is 2.12. The Bertz CT molecular complexity index is 204. The smallest absolute Gasteiger partial charge is 0.140 e. The van der Waals surface area contributed by atoms with Crippen molar-refractivity contribution in [2.24, 2.45) is 10.9 Å². The number of rotatable bonds is 4. The molecule has 1 aliphatic rings. The minimum absolute atomic E-state index is 0.315. The molecule has 0 aromatic rings. The highest BCUT2D eigenvalue weighted by molar-refractivity contribution is 7.99. The Morgan fingerprint density at radius 3 is 3.00 bits per heavy atom. The predicted molar refractivity (Wildman–Crippen MR) is 61.0 cm³/mol. The molecule has 5 heteroatoms. The van der Waals surface area contributed by atoms with Crippen LogP contribution >= 0.6 is 11.8 Å². The molecular weight excluding hydrogens is 198 g/mol. The van der Waals surface area contributed by atoms with Crippen molar-refractivity contribution in [3.8, 4) is 0 Å². The lowest BCUT2D eigenvalue weighted by Crippen LogP contribution is -2.40. The van der Waals surface area contributed by atoms with Crippen LogP contribution in [0.5, 0.6) is 0 Å². The van der Waals surface area contributed by atoms with E-state index >= 15 is 0 Å². The standard InChI is InChI=1S/C9H19N3OS/c1-7(5-9(10)11-13)12(2)8-3-4-14-6-8/h7-8,13H,3-6H2,1-2H3,(H2,10,11). The zero-order chi connectivity index (χ0) is 10.6. The molecule has 1 aliphatic heterocycles. The Kier molecular flexibility index (Phi) is 4.54. The van der Waals surface area contributed by atoms with E-state index in [-0.39, 0.29) is 0 Å². The predicted octanol–water partition coefficient (Wildman–Crippen LogP) is 0.949. The molecule has 0 aromatic heterocycles. The second-order valence-corrected chi connectivity index (χ2v) is 4.98. The molecule has 0 bridgehead atoms. The van der Waals surface area contributed by atoms with Gasteiger partial charge in [-0.05, 0) is 26.1 Å². The highest BCUT2D eigenvalue weighted by Gasteiger charge is 2.23. The van der Waals surface area contributed by atoms with E-state index in [0.29, 0.717) is 24.3 Å². The molecule has 0 amide bonds. The van der Waals surface area contributed by atoms with Gasteiger partial charge in [-0.2, -0.15) is 11.8 Å². The molecule has 14 heavy (non-hydrogen) atoms. The van der Waals surface area contributed by atoms with E-state index in [2.05, 4.69) is 24.0 Å². The monoisotopic (exact) mass is 217 g/mol. The van der Waals surface area contributed by atoms with E-state index in [4.69, 9.17) is 10.9 Å². The molecule has 2 unspecified atom stereocenters. The maximum Gasteiger partial charge on any atom is 0.140 e. The highest BCUT2D eigenvalue weighted by Crippen LogP contribution is 2.23. The van der Waals surface area contributed by atoms with Gasteiger partial charge >= 0.3 is 0 Å². The summed E-state index contributed by atoms with van der Waals surface area (Å²) in [5, 5.41) is 11.5. The fourth-order valence-electron chi connectivity index (χ4n) is 1.69. The van der Waals surface area contributed by atoms with Crippen molar-refractivity contribution in [3.63, 3.8) is 0 Å². The number of nitrogens with two attached hydrogens (primary N) is 1. The Morgan fingerprint density at radius 2 is 2.50 bits per heavy atom. The van der Waals surface area contributed by atoms with Crippen molar-refractivity contribution in [2.45, 2.75) is 31.8 Å². The first-order valence-corrected chi connectivity index (χ1v) is 6.06. The zero-order valence-electron chi connectivity index (χ0n) is 8.81. The number of oxime groups is 1. The van der Waals surface area contributed by atoms with Gasteiger partial charge < -0.3 is 10.9 Å². The van der Waals surface area contributed by atoms with E-state index in [1.807, 2.05) is 11.8 Å². The average molecular weight is 217 g/mol. The lowest BCUT2D eigenvalue weighted by molar-refractivity contribution is 0.202. The van der Waals surface area contributed by atoms with E-state index in [9.17, 15) is 0 Å². The third-order valence-electron chi connectivity index (χ3n) is 2.81. The molecule has 1 fully saturated rings. The topological polar surface area (TPSA) is 61.9 Å². The molecule has 1 heterocycles. The van der Waals surface area contributed by atoms with Gasteiger partial charge in [0.25, 0.3) is 0 Å². The zero-order valence-corrected chi connectivity index (χ0v) is 9.63. The van der Waals surface area contributed by atoms with Crippen molar-refractivity contribution >= 4 is 17.6 Å². The van der Waals surface area contributed by atoms with Crippen LogP contribution in [0, 0.1) is 0 Å². The van der Waals surface area contributed by atoms with Gasteiger partial charge in [-0.15, -0.1) is 0 Å². The second-order valence-electron chi connectivity index (χ2n) is 3.83. The van der Waals surface area contributed by atoms with Gasteiger partial charge in [0.15, 0.2) is 0 Å². The van der Waals surface area contributed by atoms with Gasteiger partial charge in [-0.3, -0.25) is 4.90 Å². The van der Waals surface area contributed by atoms with Crippen LogP contribution in [0.1, 0.15) is 19.8 Å². The molecule has 3 N–H and O–H groups in total. The van der Waals surface area contributed by atoms with Gasteiger partial charge in [0.05, 0.1) is 0 Å². The molecule has 0 aromatic carbocycles. The van der Waals surface area contributed by atoms with Gasteiger partial charge in [0.1, 0.15) is 5.84 Å². The quantitative estimate of drug-likeness (QED) is 0.318. The summed E-state index contributed by atoms with van der Waals surface area (Å²) in [6.45, 7) is 2.11. The Balaban J connectivity index is 2.38. The van der Waals surface area contributed by atoms with E-state index < -0.39 is 0 Å². The fraction of sp³-hybridized carbons (Fsp3) is 0.889. The number of nitrogens with zero attached hydrogens (tertiary/aromatic N) is 2. The van der Waals surface area contributed by atoms with Crippen LogP contribution in [0.3, 0.4) is 0 Å². The molecular formula is C9H19N3OS.